The Bertz CT molecular complexity index is 1270. The summed E-state index contributed by atoms with van der Waals surface area (Å²) in [6, 6.07) is 16.1. The minimum absolute atomic E-state index is 0.387. The van der Waals surface area contributed by atoms with Gasteiger partial charge in [0.05, 0.1) is 28.9 Å². The third-order valence-corrected chi connectivity index (χ3v) is 6.75. The van der Waals surface area contributed by atoms with E-state index in [1.54, 1.807) is 24.3 Å². The van der Waals surface area contributed by atoms with Gasteiger partial charge >= 0.3 is 0 Å². The van der Waals surface area contributed by atoms with Crippen LogP contribution >= 0.6 is 27.5 Å². The van der Waals surface area contributed by atoms with Gasteiger partial charge in [-0.2, -0.15) is 5.10 Å². The Hall–Kier alpha value is -2.62. The largest absolute Gasteiger partial charge is 0.316 e. The topological polar surface area (TPSA) is 83.8 Å². The molecule has 1 amide bonds. The van der Waals surface area contributed by atoms with Gasteiger partial charge in [-0.1, -0.05) is 39.7 Å². The zero-order valence-electron chi connectivity index (χ0n) is 17.7. The van der Waals surface area contributed by atoms with Gasteiger partial charge in [-0.05, 0) is 56.3 Å². The Morgan fingerprint density at radius 3 is 2.47 bits per heavy atom. The Morgan fingerprint density at radius 1 is 1.19 bits per heavy atom. The molecule has 0 fully saturated rings. The zero-order chi connectivity index (χ0) is 23.5. The lowest BCUT2D eigenvalue weighted by Gasteiger charge is -2.21. The second-order valence-electron chi connectivity index (χ2n) is 7.15. The number of carbonyl (C=O) groups is 1. The molecule has 3 aromatic rings. The van der Waals surface area contributed by atoms with Crippen molar-refractivity contribution in [1.82, 2.24) is 9.99 Å². The first kappa shape index (κ1) is 24.0. The van der Waals surface area contributed by atoms with E-state index in [-0.39, 0.29) is 0 Å². The van der Waals surface area contributed by atoms with Crippen LogP contribution in [0, 0.1) is 13.8 Å². The molecule has 7 nitrogen and oxygen atoms in total. The number of nitrogens with one attached hydrogen (secondary N) is 1. The molecule has 1 aromatic heterocycles. The van der Waals surface area contributed by atoms with Gasteiger partial charge < -0.3 is 4.57 Å². The van der Waals surface area contributed by atoms with Crippen LogP contribution in [0.2, 0.25) is 5.02 Å². The van der Waals surface area contributed by atoms with E-state index in [1.165, 1.54) is 6.21 Å². The van der Waals surface area contributed by atoms with Crippen LogP contribution in [0.3, 0.4) is 0 Å². The summed E-state index contributed by atoms with van der Waals surface area (Å²) in [5.41, 5.74) is 6.31. The summed E-state index contributed by atoms with van der Waals surface area (Å²) in [6.45, 7) is 3.49. The van der Waals surface area contributed by atoms with Crippen molar-refractivity contribution in [3.05, 3.63) is 81.0 Å². The highest BCUT2D eigenvalue weighted by Crippen LogP contribution is 2.25. The first-order valence-corrected chi connectivity index (χ1v) is 12.6. The van der Waals surface area contributed by atoms with Crippen LogP contribution in [0.1, 0.15) is 17.0 Å². The zero-order valence-corrected chi connectivity index (χ0v) is 20.9. The van der Waals surface area contributed by atoms with Gasteiger partial charge in [0, 0.05) is 21.4 Å². The summed E-state index contributed by atoms with van der Waals surface area (Å²) in [5.74, 6) is -0.561. The minimum Gasteiger partial charge on any atom is -0.316 e. The van der Waals surface area contributed by atoms with Crippen LogP contribution in [0.4, 0.5) is 5.69 Å². The maximum absolute atomic E-state index is 12.4. The SMILES string of the molecule is Cc1cc(/C=N\NC(=O)CN(c2ccc(Br)cc2)S(C)(=O)=O)c(C)n1-c1ccccc1Cl. The van der Waals surface area contributed by atoms with Gasteiger partial charge in [0.25, 0.3) is 5.91 Å². The van der Waals surface area contributed by atoms with Gasteiger partial charge in [-0.25, -0.2) is 13.8 Å². The molecule has 1 heterocycles. The highest BCUT2D eigenvalue weighted by Gasteiger charge is 2.20. The van der Waals surface area contributed by atoms with Crippen LogP contribution in [0.15, 0.2) is 64.2 Å². The maximum Gasteiger partial charge on any atom is 0.260 e. The average molecular weight is 538 g/mol. The molecule has 1 N–H and O–H groups in total. The third-order valence-electron chi connectivity index (χ3n) is 4.76. The summed E-state index contributed by atoms with van der Waals surface area (Å²) in [5, 5.41) is 4.64. The molecule has 0 saturated heterocycles. The van der Waals surface area contributed by atoms with Crippen molar-refractivity contribution < 1.29 is 13.2 Å². The normalized spacial score (nSPS) is 11.7. The monoisotopic (exact) mass is 536 g/mol. The number of aryl methyl sites for hydroxylation is 1. The van der Waals surface area contributed by atoms with Crippen LogP contribution < -0.4 is 9.73 Å². The predicted octanol–water partition coefficient (Wildman–Crippen LogP) is 4.43. The number of para-hydroxylation sites is 1. The van der Waals surface area contributed by atoms with E-state index in [2.05, 4.69) is 26.5 Å². The van der Waals surface area contributed by atoms with Gasteiger partial charge in [0.15, 0.2) is 0 Å². The van der Waals surface area contributed by atoms with Crippen molar-refractivity contribution in [3.8, 4) is 5.69 Å². The molecule has 32 heavy (non-hydrogen) atoms. The van der Waals surface area contributed by atoms with E-state index in [1.807, 2.05) is 48.7 Å². The fourth-order valence-corrected chi connectivity index (χ4v) is 4.61. The van der Waals surface area contributed by atoms with Gasteiger partial charge in [0.1, 0.15) is 6.54 Å². The molecule has 0 bridgehead atoms. The molecule has 0 aliphatic rings. The smallest absolute Gasteiger partial charge is 0.260 e. The number of carbonyl (C=O) groups excluding carboxylic acids is 1. The molecule has 0 aliphatic heterocycles. The number of sulfonamides is 1. The Balaban J connectivity index is 1.74. The van der Waals surface area contributed by atoms with Crippen molar-refractivity contribution in [2.75, 3.05) is 17.1 Å². The molecule has 0 radical (unpaired) electrons. The quantitative estimate of drug-likeness (QED) is 0.358. The van der Waals surface area contributed by atoms with Crippen LogP contribution in [0.25, 0.3) is 5.69 Å². The Labute approximate surface area is 200 Å². The van der Waals surface area contributed by atoms with Crippen LogP contribution in [-0.2, 0) is 14.8 Å². The average Bonchev–Trinajstić information content (AvgIpc) is 3.00. The van der Waals surface area contributed by atoms with E-state index in [0.29, 0.717) is 10.7 Å². The molecule has 0 saturated carbocycles. The standard InChI is InChI=1S/C22H22BrClN4O3S/c1-15-12-17(16(2)28(15)21-7-5-4-6-20(21)24)13-25-26-22(29)14-27(32(3,30)31)19-10-8-18(23)9-11-19/h4-13H,14H2,1-3H3,(H,26,29)/b25-13-. The van der Waals surface area contributed by atoms with Crippen LogP contribution in [0.5, 0.6) is 0 Å². The lowest BCUT2D eigenvalue weighted by molar-refractivity contribution is -0.119. The first-order valence-electron chi connectivity index (χ1n) is 9.57. The molecule has 0 atom stereocenters. The number of halogens is 2. The molecule has 168 valence electrons. The van der Waals surface area contributed by atoms with E-state index in [0.717, 1.165) is 37.7 Å². The number of anilines is 1. The minimum atomic E-state index is -3.66. The molecule has 0 spiro atoms. The van der Waals surface area contributed by atoms with E-state index >= 15 is 0 Å². The summed E-state index contributed by atoms with van der Waals surface area (Å²) in [6.07, 6.45) is 2.58. The second kappa shape index (κ2) is 9.89. The van der Waals surface area contributed by atoms with Crippen molar-refractivity contribution >= 4 is 55.4 Å². The van der Waals surface area contributed by atoms with E-state index in [9.17, 15) is 13.2 Å². The molecule has 2 aromatic carbocycles. The number of hydrogen-bond acceptors (Lipinski definition) is 4. The van der Waals surface area contributed by atoms with Gasteiger partial charge in [0.2, 0.25) is 10.0 Å². The molecular weight excluding hydrogens is 516 g/mol. The van der Waals surface area contributed by atoms with Gasteiger partial charge in [-0.15, -0.1) is 0 Å². The number of benzene rings is 2. The molecule has 0 unspecified atom stereocenters. The van der Waals surface area contributed by atoms with Crippen molar-refractivity contribution in [2.45, 2.75) is 13.8 Å². The molecule has 3 rings (SSSR count). The number of amides is 1. The first-order chi connectivity index (χ1) is 15.1. The summed E-state index contributed by atoms with van der Waals surface area (Å²) in [4.78, 5) is 12.4. The fraction of sp³-hybridized carbons (Fsp3) is 0.182. The molecule has 10 heteroatoms. The summed E-state index contributed by atoms with van der Waals surface area (Å²) < 4.78 is 28.2. The predicted molar refractivity (Wildman–Crippen MR) is 132 cm³/mol. The highest BCUT2D eigenvalue weighted by molar-refractivity contribution is 9.10. The van der Waals surface area contributed by atoms with E-state index < -0.39 is 22.5 Å². The van der Waals surface area contributed by atoms with Crippen molar-refractivity contribution in [3.63, 3.8) is 0 Å². The number of hydrazone groups is 1. The number of nitrogens with zero attached hydrogens (tertiary/aromatic N) is 3. The Kier molecular flexibility index (Phi) is 7.43. The number of aromatic nitrogens is 1. The lowest BCUT2D eigenvalue weighted by Crippen LogP contribution is -2.39. The van der Waals surface area contributed by atoms with Crippen molar-refractivity contribution in [2.24, 2.45) is 5.10 Å². The van der Waals surface area contributed by atoms with E-state index in [4.69, 9.17) is 11.6 Å². The Morgan fingerprint density at radius 2 is 1.84 bits per heavy atom. The number of hydrogen-bond donors (Lipinski definition) is 1. The highest BCUT2D eigenvalue weighted by atomic mass is 79.9. The third kappa shape index (κ3) is 5.59. The molecule has 0 aliphatic carbocycles. The van der Waals surface area contributed by atoms with Crippen molar-refractivity contribution in [1.29, 1.82) is 0 Å². The number of rotatable bonds is 7. The fourth-order valence-electron chi connectivity index (χ4n) is 3.27. The second-order valence-corrected chi connectivity index (χ2v) is 10.4. The molecular formula is C22H22BrClN4O3S. The summed E-state index contributed by atoms with van der Waals surface area (Å²) >= 11 is 9.64. The van der Waals surface area contributed by atoms with Crippen LogP contribution in [-0.4, -0.2) is 37.9 Å². The lowest BCUT2D eigenvalue weighted by atomic mass is 10.2. The maximum atomic E-state index is 12.4. The van der Waals surface area contributed by atoms with Gasteiger partial charge in [-0.3, -0.25) is 9.10 Å². The summed E-state index contributed by atoms with van der Waals surface area (Å²) in [7, 11) is -3.66.